The molecule has 1 unspecified atom stereocenters. The molecule has 0 amide bonds. The normalized spacial score (nSPS) is 18.2. The van der Waals surface area contributed by atoms with E-state index in [1.54, 1.807) is 27.6 Å². The standard InChI is InChI=1S/C22H26N4O2S/c1-17(2)25-16-21(22(24-25)18-9-4-3-5-10-18)29(27,28)26-14-7-6-12-20(26)19-11-8-13-23-15-19/h3-5,8-11,13,15-17,20H,6-7,12,14H2,1-2H3. The molecule has 2 aromatic heterocycles. The molecular weight excluding hydrogens is 384 g/mol. The zero-order chi connectivity index (χ0) is 20.4. The van der Waals surface area contributed by atoms with Crippen molar-refractivity contribution < 1.29 is 8.42 Å². The second-order valence-electron chi connectivity index (χ2n) is 7.70. The van der Waals surface area contributed by atoms with Crippen LogP contribution in [0.3, 0.4) is 0 Å². The molecule has 0 aliphatic carbocycles. The first-order valence-corrected chi connectivity index (χ1v) is 11.5. The first kappa shape index (κ1) is 19.8. The highest BCUT2D eigenvalue weighted by molar-refractivity contribution is 7.89. The monoisotopic (exact) mass is 410 g/mol. The van der Waals surface area contributed by atoms with Gasteiger partial charge in [-0.2, -0.15) is 9.40 Å². The molecule has 4 rings (SSSR count). The van der Waals surface area contributed by atoms with Gasteiger partial charge in [0.25, 0.3) is 0 Å². The summed E-state index contributed by atoms with van der Waals surface area (Å²) in [7, 11) is -3.73. The number of nitrogens with zero attached hydrogens (tertiary/aromatic N) is 4. The molecule has 1 atom stereocenters. The van der Waals surface area contributed by atoms with Crippen LogP contribution >= 0.6 is 0 Å². The van der Waals surface area contributed by atoms with Crippen molar-refractivity contribution in [2.75, 3.05) is 6.54 Å². The maximum atomic E-state index is 13.9. The fourth-order valence-electron chi connectivity index (χ4n) is 3.85. The Morgan fingerprint density at radius 2 is 1.86 bits per heavy atom. The van der Waals surface area contributed by atoms with E-state index < -0.39 is 10.0 Å². The van der Waals surface area contributed by atoms with Gasteiger partial charge in [0.2, 0.25) is 10.0 Å². The average molecular weight is 411 g/mol. The van der Waals surface area contributed by atoms with E-state index in [0.717, 1.165) is 30.4 Å². The molecular formula is C22H26N4O2S. The van der Waals surface area contributed by atoms with Crippen LogP contribution in [0, 0.1) is 0 Å². The van der Waals surface area contributed by atoms with Crippen LogP contribution in [-0.2, 0) is 10.0 Å². The Kier molecular flexibility index (Phi) is 5.52. The topological polar surface area (TPSA) is 68.1 Å². The Morgan fingerprint density at radius 3 is 2.55 bits per heavy atom. The molecule has 0 saturated carbocycles. The number of pyridine rings is 1. The molecule has 0 spiro atoms. The Bertz CT molecular complexity index is 1060. The Labute approximate surface area is 172 Å². The highest BCUT2D eigenvalue weighted by Crippen LogP contribution is 2.38. The van der Waals surface area contributed by atoms with Gasteiger partial charge in [0.15, 0.2) is 0 Å². The fraction of sp³-hybridized carbons (Fsp3) is 0.364. The first-order chi connectivity index (χ1) is 14.0. The van der Waals surface area contributed by atoms with E-state index in [2.05, 4.69) is 10.1 Å². The lowest BCUT2D eigenvalue weighted by Gasteiger charge is -2.34. The molecule has 6 nitrogen and oxygen atoms in total. The number of piperidine rings is 1. The number of aromatic nitrogens is 3. The van der Waals surface area contributed by atoms with Crippen LogP contribution in [0.4, 0.5) is 0 Å². The van der Waals surface area contributed by atoms with Gasteiger partial charge in [0, 0.05) is 36.7 Å². The highest BCUT2D eigenvalue weighted by atomic mass is 32.2. The third-order valence-electron chi connectivity index (χ3n) is 5.38. The van der Waals surface area contributed by atoms with Gasteiger partial charge in [-0.1, -0.05) is 42.8 Å². The molecule has 3 heterocycles. The second kappa shape index (κ2) is 8.08. The summed E-state index contributed by atoms with van der Waals surface area (Å²) in [5, 5.41) is 4.64. The van der Waals surface area contributed by atoms with Crippen LogP contribution in [0.2, 0.25) is 0 Å². The van der Waals surface area contributed by atoms with E-state index in [0.29, 0.717) is 12.2 Å². The molecule has 1 aromatic carbocycles. The zero-order valence-electron chi connectivity index (χ0n) is 16.8. The summed E-state index contributed by atoms with van der Waals surface area (Å²) in [6.45, 7) is 4.50. The van der Waals surface area contributed by atoms with Gasteiger partial charge in [-0.05, 0) is 38.3 Å². The Hall–Kier alpha value is -2.51. The second-order valence-corrected chi connectivity index (χ2v) is 9.55. The molecule has 0 bridgehead atoms. The predicted molar refractivity (Wildman–Crippen MR) is 113 cm³/mol. The van der Waals surface area contributed by atoms with Crippen LogP contribution < -0.4 is 0 Å². The Morgan fingerprint density at radius 1 is 1.07 bits per heavy atom. The molecule has 0 N–H and O–H groups in total. The van der Waals surface area contributed by atoms with Gasteiger partial charge < -0.3 is 0 Å². The van der Waals surface area contributed by atoms with Gasteiger partial charge in [-0.15, -0.1) is 0 Å². The largest absolute Gasteiger partial charge is 0.268 e. The van der Waals surface area contributed by atoms with Gasteiger partial charge in [-0.25, -0.2) is 8.42 Å². The van der Waals surface area contributed by atoms with Crippen molar-refractivity contribution in [1.82, 2.24) is 19.1 Å². The molecule has 3 aromatic rings. The number of hydrogen-bond donors (Lipinski definition) is 0. The summed E-state index contributed by atoms with van der Waals surface area (Å²) >= 11 is 0. The van der Waals surface area contributed by atoms with Crippen LogP contribution in [0.25, 0.3) is 11.3 Å². The van der Waals surface area contributed by atoms with Gasteiger partial charge in [0.1, 0.15) is 10.6 Å². The first-order valence-electron chi connectivity index (χ1n) is 10.0. The average Bonchev–Trinajstić information content (AvgIpc) is 3.22. The van der Waals surface area contributed by atoms with E-state index >= 15 is 0 Å². The summed E-state index contributed by atoms with van der Waals surface area (Å²) < 4.78 is 31.1. The third kappa shape index (κ3) is 3.84. The number of benzene rings is 1. The molecule has 29 heavy (non-hydrogen) atoms. The predicted octanol–water partition coefficient (Wildman–Crippen LogP) is 4.44. The number of hydrogen-bond acceptors (Lipinski definition) is 4. The van der Waals surface area contributed by atoms with Crippen LogP contribution in [0.5, 0.6) is 0 Å². The molecule has 7 heteroatoms. The van der Waals surface area contributed by atoms with Gasteiger partial charge in [-0.3, -0.25) is 9.67 Å². The van der Waals surface area contributed by atoms with Crippen molar-refractivity contribution in [3.63, 3.8) is 0 Å². The third-order valence-corrected chi connectivity index (χ3v) is 7.29. The van der Waals surface area contributed by atoms with E-state index in [9.17, 15) is 8.42 Å². The maximum absolute atomic E-state index is 13.9. The zero-order valence-corrected chi connectivity index (χ0v) is 17.6. The Balaban J connectivity index is 1.82. The van der Waals surface area contributed by atoms with Crippen molar-refractivity contribution in [2.45, 2.75) is 50.1 Å². The summed E-state index contributed by atoms with van der Waals surface area (Å²) in [6, 6.07) is 13.2. The summed E-state index contributed by atoms with van der Waals surface area (Å²) in [4.78, 5) is 4.48. The fourth-order valence-corrected chi connectivity index (χ4v) is 5.68. The molecule has 1 aliphatic heterocycles. The lowest BCUT2D eigenvalue weighted by atomic mass is 9.99. The quantitative estimate of drug-likeness (QED) is 0.623. The molecule has 0 radical (unpaired) electrons. The van der Waals surface area contributed by atoms with Crippen molar-refractivity contribution >= 4 is 10.0 Å². The van der Waals surface area contributed by atoms with E-state index in [-0.39, 0.29) is 17.0 Å². The highest BCUT2D eigenvalue weighted by Gasteiger charge is 2.37. The van der Waals surface area contributed by atoms with Gasteiger partial charge in [0.05, 0.1) is 6.04 Å². The number of sulfonamides is 1. The molecule has 1 saturated heterocycles. The smallest absolute Gasteiger partial charge is 0.247 e. The minimum atomic E-state index is -3.73. The van der Waals surface area contributed by atoms with Gasteiger partial charge >= 0.3 is 0 Å². The minimum Gasteiger partial charge on any atom is -0.268 e. The van der Waals surface area contributed by atoms with Crippen molar-refractivity contribution in [1.29, 1.82) is 0 Å². The van der Waals surface area contributed by atoms with Crippen LogP contribution in [-0.4, -0.2) is 34.0 Å². The summed E-state index contributed by atoms with van der Waals surface area (Å²) in [6.07, 6.45) is 7.82. The summed E-state index contributed by atoms with van der Waals surface area (Å²) in [5.41, 5.74) is 2.25. The van der Waals surface area contributed by atoms with Crippen molar-refractivity contribution in [3.8, 4) is 11.3 Å². The van der Waals surface area contributed by atoms with E-state index in [4.69, 9.17) is 0 Å². The minimum absolute atomic E-state index is 0.0666. The summed E-state index contributed by atoms with van der Waals surface area (Å²) in [5.74, 6) is 0. The van der Waals surface area contributed by atoms with E-state index in [1.165, 1.54) is 0 Å². The van der Waals surface area contributed by atoms with E-state index in [1.807, 2.05) is 56.3 Å². The number of rotatable bonds is 5. The SMILES string of the molecule is CC(C)n1cc(S(=O)(=O)N2CCCCC2c2cccnc2)c(-c2ccccc2)n1. The maximum Gasteiger partial charge on any atom is 0.247 e. The lowest BCUT2D eigenvalue weighted by Crippen LogP contribution is -2.38. The molecule has 1 fully saturated rings. The van der Waals surface area contributed by atoms with Crippen molar-refractivity contribution in [2.24, 2.45) is 0 Å². The van der Waals surface area contributed by atoms with Crippen LogP contribution in [0.15, 0.2) is 66.0 Å². The van der Waals surface area contributed by atoms with Crippen molar-refractivity contribution in [3.05, 3.63) is 66.6 Å². The van der Waals surface area contributed by atoms with Crippen LogP contribution in [0.1, 0.15) is 50.8 Å². The molecule has 1 aliphatic rings. The lowest BCUT2D eigenvalue weighted by molar-refractivity contribution is 0.255. The molecule has 152 valence electrons.